The molecule has 1 aliphatic rings. The van der Waals surface area contributed by atoms with Crippen LogP contribution in [0.2, 0.25) is 0 Å². The summed E-state index contributed by atoms with van der Waals surface area (Å²) in [7, 11) is 4.18. The Hall–Kier alpha value is -2.70. The van der Waals surface area contributed by atoms with Gasteiger partial charge in [-0.05, 0) is 63.5 Å². The molecule has 2 aromatic heterocycles. The van der Waals surface area contributed by atoms with Gasteiger partial charge in [0.1, 0.15) is 17.6 Å². The van der Waals surface area contributed by atoms with Gasteiger partial charge in [-0.1, -0.05) is 36.4 Å². The van der Waals surface area contributed by atoms with Crippen LogP contribution in [-0.4, -0.2) is 47.1 Å². The molecular formula is C23H26N4OS. The van der Waals surface area contributed by atoms with Gasteiger partial charge in [-0.3, -0.25) is 4.98 Å². The molecule has 150 valence electrons. The lowest BCUT2D eigenvalue weighted by Gasteiger charge is -2.26. The molecule has 1 fully saturated rings. The number of furan rings is 1. The molecule has 3 aromatic rings. The molecule has 0 amide bonds. The Labute approximate surface area is 177 Å². The van der Waals surface area contributed by atoms with Crippen LogP contribution in [0.5, 0.6) is 0 Å². The van der Waals surface area contributed by atoms with E-state index in [1.807, 2.05) is 48.7 Å². The third-order valence-corrected chi connectivity index (χ3v) is 5.53. The number of hydrogen-bond donors (Lipinski definition) is 1. The predicted octanol–water partition coefficient (Wildman–Crippen LogP) is 4.27. The van der Waals surface area contributed by atoms with E-state index in [-0.39, 0.29) is 12.1 Å². The van der Waals surface area contributed by atoms with E-state index in [1.165, 1.54) is 0 Å². The van der Waals surface area contributed by atoms with E-state index in [9.17, 15) is 0 Å². The molecule has 0 aliphatic carbocycles. The van der Waals surface area contributed by atoms with Crippen molar-refractivity contribution >= 4 is 17.3 Å². The topological polar surface area (TPSA) is 44.5 Å². The van der Waals surface area contributed by atoms with Crippen LogP contribution in [0.3, 0.4) is 0 Å². The zero-order chi connectivity index (χ0) is 20.2. The van der Waals surface area contributed by atoms with Crippen LogP contribution in [0.1, 0.15) is 30.0 Å². The highest BCUT2D eigenvalue weighted by atomic mass is 32.1. The Morgan fingerprint density at radius 3 is 2.59 bits per heavy atom. The molecule has 5 nitrogen and oxygen atoms in total. The normalized spacial score (nSPS) is 19.0. The van der Waals surface area contributed by atoms with E-state index in [2.05, 4.69) is 52.4 Å². The van der Waals surface area contributed by atoms with Gasteiger partial charge in [0.2, 0.25) is 0 Å². The summed E-state index contributed by atoms with van der Waals surface area (Å²) in [5, 5.41) is 4.23. The maximum absolute atomic E-state index is 6.33. The molecule has 29 heavy (non-hydrogen) atoms. The number of rotatable bonds is 7. The smallest absolute Gasteiger partial charge is 0.170 e. The van der Waals surface area contributed by atoms with Crippen molar-refractivity contribution in [3.05, 3.63) is 78.3 Å². The fourth-order valence-electron chi connectivity index (χ4n) is 3.78. The van der Waals surface area contributed by atoms with Crippen molar-refractivity contribution in [2.45, 2.75) is 18.5 Å². The molecule has 0 saturated carbocycles. The van der Waals surface area contributed by atoms with E-state index >= 15 is 0 Å². The van der Waals surface area contributed by atoms with E-state index in [4.69, 9.17) is 16.6 Å². The number of nitrogens with zero attached hydrogens (tertiary/aromatic N) is 3. The van der Waals surface area contributed by atoms with Crippen LogP contribution in [0.4, 0.5) is 0 Å². The summed E-state index contributed by atoms with van der Waals surface area (Å²) in [6.07, 6.45) is 2.84. The fourth-order valence-corrected chi connectivity index (χ4v) is 4.11. The summed E-state index contributed by atoms with van der Waals surface area (Å²) in [6.45, 7) is 1.87. The lowest BCUT2D eigenvalue weighted by molar-refractivity contribution is 0.261. The van der Waals surface area contributed by atoms with Crippen LogP contribution < -0.4 is 5.32 Å². The van der Waals surface area contributed by atoms with Gasteiger partial charge in [-0.2, -0.15) is 0 Å². The SMILES string of the molecule is CN(C)CCCN1C(=S)N[C@@H](c2ccccn2)[C@@H]1c1ccc(-c2ccccc2)o1. The molecule has 3 heterocycles. The summed E-state index contributed by atoms with van der Waals surface area (Å²) >= 11 is 5.71. The number of benzene rings is 1. The minimum Gasteiger partial charge on any atom is -0.459 e. The Balaban J connectivity index is 1.66. The second kappa shape index (κ2) is 8.76. The molecule has 6 heteroatoms. The number of pyridine rings is 1. The minimum atomic E-state index is -0.0437. The number of nitrogens with one attached hydrogen (secondary N) is 1. The number of thiocarbonyl (C=S) groups is 1. The molecule has 1 aliphatic heterocycles. The van der Waals surface area contributed by atoms with Crippen LogP contribution in [-0.2, 0) is 0 Å². The van der Waals surface area contributed by atoms with Crippen molar-refractivity contribution in [3.8, 4) is 11.3 Å². The maximum Gasteiger partial charge on any atom is 0.170 e. The van der Waals surface area contributed by atoms with Crippen molar-refractivity contribution in [2.24, 2.45) is 0 Å². The quantitative estimate of drug-likeness (QED) is 0.592. The second-order valence-electron chi connectivity index (χ2n) is 7.54. The average Bonchev–Trinajstić information content (AvgIpc) is 3.34. The van der Waals surface area contributed by atoms with Gasteiger partial charge >= 0.3 is 0 Å². The summed E-state index contributed by atoms with van der Waals surface area (Å²) in [4.78, 5) is 9.01. The summed E-state index contributed by atoms with van der Waals surface area (Å²) in [5.41, 5.74) is 2.04. The highest BCUT2D eigenvalue weighted by Crippen LogP contribution is 2.40. The highest BCUT2D eigenvalue weighted by Gasteiger charge is 2.41. The Bertz CT molecular complexity index is 942. The second-order valence-corrected chi connectivity index (χ2v) is 7.93. The van der Waals surface area contributed by atoms with Crippen molar-refractivity contribution in [2.75, 3.05) is 27.2 Å². The molecule has 4 rings (SSSR count). The Kier molecular flexibility index (Phi) is 5.92. The van der Waals surface area contributed by atoms with Gasteiger partial charge in [-0.15, -0.1) is 0 Å². The molecule has 0 unspecified atom stereocenters. The first-order valence-electron chi connectivity index (χ1n) is 9.91. The predicted molar refractivity (Wildman–Crippen MR) is 119 cm³/mol. The first-order valence-corrected chi connectivity index (χ1v) is 10.3. The molecular weight excluding hydrogens is 380 g/mol. The largest absolute Gasteiger partial charge is 0.459 e. The van der Waals surface area contributed by atoms with Crippen LogP contribution >= 0.6 is 12.2 Å². The highest BCUT2D eigenvalue weighted by molar-refractivity contribution is 7.80. The Morgan fingerprint density at radius 1 is 1.07 bits per heavy atom. The molecule has 0 spiro atoms. The third-order valence-electron chi connectivity index (χ3n) is 5.18. The number of hydrogen-bond acceptors (Lipinski definition) is 4. The molecule has 1 N–H and O–H groups in total. The van der Waals surface area contributed by atoms with Gasteiger partial charge < -0.3 is 19.5 Å². The van der Waals surface area contributed by atoms with Crippen molar-refractivity contribution in [1.82, 2.24) is 20.1 Å². The first kappa shape index (κ1) is 19.6. The van der Waals surface area contributed by atoms with Crippen molar-refractivity contribution in [3.63, 3.8) is 0 Å². The fraction of sp³-hybridized carbons (Fsp3) is 0.304. The van der Waals surface area contributed by atoms with Gasteiger partial charge in [-0.25, -0.2) is 0 Å². The first-order chi connectivity index (χ1) is 14.1. The Morgan fingerprint density at radius 2 is 1.86 bits per heavy atom. The number of aromatic nitrogens is 1. The lowest BCUT2D eigenvalue weighted by atomic mass is 10.0. The molecule has 0 radical (unpaired) electrons. The van der Waals surface area contributed by atoms with Crippen LogP contribution in [0.15, 0.2) is 71.3 Å². The molecule has 0 bridgehead atoms. The van der Waals surface area contributed by atoms with Crippen molar-refractivity contribution in [1.29, 1.82) is 0 Å². The van der Waals surface area contributed by atoms with E-state index in [0.29, 0.717) is 0 Å². The van der Waals surface area contributed by atoms with E-state index in [1.54, 1.807) is 0 Å². The lowest BCUT2D eigenvalue weighted by Crippen LogP contribution is -2.32. The third kappa shape index (κ3) is 4.33. The van der Waals surface area contributed by atoms with Gasteiger partial charge in [0.15, 0.2) is 5.11 Å². The van der Waals surface area contributed by atoms with Crippen LogP contribution in [0, 0.1) is 0 Å². The van der Waals surface area contributed by atoms with Crippen molar-refractivity contribution < 1.29 is 4.42 Å². The van der Waals surface area contributed by atoms with E-state index < -0.39 is 0 Å². The summed E-state index contributed by atoms with van der Waals surface area (Å²) in [5.74, 6) is 1.77. The van der Waals surface area contributed by atoms with E-state index in [0.717, 1.165) is 47.4 Å². The van der Waals surface area contributed by atoms with Gasteiger partial charge in [0.25, 0.3) is 0 Å². The molecule has 1 aromatic carbocycles. The molecule has 2 atom stereocenters. The monoisotopic (exact) mass is 406 g/mol. The van der Waals surface area contributed by atoms with Gasteiger partial charge in [0.05, 0.1) is 11.7 Å². The zero-order valence-corrected chi connectivity index (χ0v) is 17.6. The maximum atomic E-state index is 6.33. The summed E-state index contributed by atoms with van der Waals surface area (Å²) in [6, 6.07) is 20.2. The minimum absolute atomic E-state index is 0.0305. The molecule has 1 saturated heterocycles. The summed E-state index contributed by atoms with van der Waals surface area (Å²) < 4.78 is 6.33. The standard InChI is InChI=1S/C23H26N4OS/c1-26(2)15-8-16-27-22(21(25-23(27)29)18-11-6-7-14-24-18)20-13-12-19(28-20)17-9-4-3-5-10-17/h3-7,9-14,21-22H,8,15-16H2,1-2H3,(H,25,29)/t21-,22-/m0/s1. The van der Waals surface area contributed by atoms with Gasteiger partial charge in [0, 0.05) is 18.3 Å². The average molecular weight is 407 g/mol. The zero-order valence-electron chi connectivity index (χ0n) is 16.8. The van der Waals surface area contributed by atoms with Crippen LogP contribution in [0.25, 0.3) is 11.3 Å².